The standard InChI is InChI=1S/C29H31N3O7/c1-4-5-16-38-23-13-8-21(9-14-23)29(35)39-24-11-6-20(7-12-24)18-31-32-27(33)19-30-28(34)22-10-15-25(36-2)26(17-22)37-3/h6-15,17-18H,4-5,16,19H2,1-3H3,(H,30,34)(H,32,33). The molecule has 0 heterocycles. The number of hydrazone groups is 1. The van der Waals surface area contributed by atoms with Gasteiger partial charge in [-0.2, -0.15) is 5.10 Å². The van der Waals surface area contributed by atoms with E-state index in [1.54, 1.807) is 60.7 Å². The molecule has 2 N–H and O–H groups in total. The Balaban J connectivity index is 1.43. The van der Waals surface area contributed by atoms with Crippen LogP contribution in [0.5, 0.6) is 23.0 Å². The maximum atomic E-state index is 12.4. The first kappa shape index (κ1) is 28.7. The van der Waals surface area contributed by atoms with Crippen LogP contribution >= 0.6 is 0 Å². The van der Waals surface area contributed by atoms with Gasteiger partial charge in [0.2, 0.25) is 0 Å². The Labute approximate surface area is 226 Å². The SMILES string of the molecule is CCCCOc1ccc(C(=O)Oc2ccc(C=NNC(=O)CNC(=O)c3ccc(OC)c(OC)c3)cc2)cc1. The lowest BCUT2D eigenvalue weighted by Crippen LogP contribution is -2.34. The van der Waals surface area contributed by atoms with Crippen LogP contribution in [0, 0.1) is 0 Å². The first-order valence-corrected chi connectivity index (χ1v) is 12.3. The van der Waals surface area contributed by atoms with Crippen molar-refractivity contribution in [2.45, 2.75) is 19.8 Å². The van der Waals surface area contributed by atoms with E-state index in [4.69, 9.17) is 18.9 Å². The number of rotatable bonds is 13. The van der Waals surface area contributed by atoms with Crippen LogP contribution in [0.25, 0.3) is 0 Å². The molecule has 0 atom stereocenters. The normalized spacial score (nSPS) is 10.5. The first-order valence-electron chi connectivity index (χ1n) is 12.3. The van der Waals surface area contributed by atoms with Crippen molar-refractivity contribution in [3.8, 4) is 23.0 Å². The highest BCUT2D eigenvalue weighted by Gasteiger charge is 2.12. The molecule has 0 aliphatic rings. The smallest absolute Gasteiger partial charge is 0.343 e. The molecule has 0 fully saturated rings. The van der Waals surface area contributed by atoms with E-state index in [1.165, 1.54) is 26.5 Å². The summed E-state index contributed by atoms with van der Waals surface area (Å²) in [7, 11) is 2.97. The quantitative estimate of drug-likeness (QED) is 0.112. The number of nitrogens with one attached hydrogen (secondary N) is 2. The lowest BCUT2D eigenvalue weighted by molar-refractivity contribution is -0.120. The minimum absolute atomic E-state index is 0.273. The summed E-state index contributed by atoms with van der Waals surface area (Å²) in [5, 5.41) is 6.40. The molecule has 3 aromatic rings. The molecule has 3 rings (SSSR count). The minimum Gasteiger partial charge on any atom is -0.494 e. The Kier molecular flexibility index (Phi) is 10.9. The van der Waals surface area contributed by atoms with Gasteiger partial charge in [-0.05, 0) is 78.7 Å². The van der Waals surface area contributed by atoms with Gasteiger partial charge in [0.25, 0.3) is 11.8 Å². The zero-order valence-electron chi connectivity index (χ0n) is 22.1. The van der Waals surface area contributed by atoms with Crippen molar-refractivity contribution in [1.82, 2.24) is 10.7 Å². The topological polar surface area (TPSA) is 125 Å². The minimum atomic E-state index is -0.507. The summed E-state index contributed by atoms with van der Waals surface area (Å²) in [6.45, 7) is 2.45. The van der Waals surface area contributed by atoms with Gasteiger partial charge in [-0.3, -0.25) is 9.59 Å². The summed E-state index contributed by atoms with van der Waals surface area (Å²) in [4.78, 5) is 36.7. The third-order valence-electron chi connectivity index (χ3n) is 5.41. The van der Waals surface area contributed by atoms with E-state index >= 15 is 0 Å². The van der Waals surface area contributed by atoms with Gasteiger partial charge in [0.05, 0.1) is 39.1 Å². The third-order valence-corrected chi connectivity index (χ3v) is 5.41. The second-order valence-corrected chi connectivity index (χ2v) is 8.23. The number of amides is 2. The molecule has 0 bridgehead atoms. The molecule has 0 aliphatic heterocycles. The molecule has 39 heavy (non-hydrogen) atoms. The highest BCUT2D eigenvalue weighted by atomic mass is 16.5. The van der Waals surface area contributed by atoms with E-state index < -0.39 is 17.8 Å². The predicted molar refractivity (Wildman–Crippen MR) is 146 cm³/mol. The maximum absolute atomic E-state index is 12.4. The molecule has 3 aromatic carbocycles. The lowest BCUT2D eigenvalue weighted by Gasteiger charge is -2.09. The van der Waals surface area contributed by atoms with E-state index in [2.05, 4.69) is 22.8 Å². The summed E-state index contributed by atoms with van der Waals surface area (Å²) >= 11 is 0. The highest BCUT2D eigenvalue weighted by molar-refractivity contribution is 5.97. The zero-order valence-corrected chi connectivity index (χ0v) is 22.1. The van der Waals surface area contributed by atoms with Gasteiger partial charge in [-0.1, -0.05) is 13.3 Å². The number of nitrogens with zero attached hydrogens (tertiary/aromatic N) is 1. The maximum Gasteiger partial charge on any atom is 0.343 e. The average molecular weight is 534 g/mol. The fraction of sp³-hybridized carbons (Fsp3) is 0.241. The van der Waals surface area contributed by atoms with Crippen LogP contribution in [0.3, 0.4) is 0 Å². The van der Waals surface area contributed by atoms with Crippen LogP contribution in [0.15, 0.2) is 71.8 Å². The van der Waals surface area contributed by atoms with Gasteiger partial charge in [0, 0.05) is 5.56 Å². The Morgan fingerprint density at radius 3 is 2.18 bits per heavy atom. The van der Waals surface area contributed by atoms with Crippen molar-refractivity contribution in [3.63, 3.8) is 0 Å². The van der Waals surface area contributed by atoms with Gasteiger partial charge in [0.15, 0.2) is 11.5 Å². The average Bonchev–Trinajstić information content (AvgIpc) is 2.96. The lowest BCUT2D eigenvalue weighted by atomic mass is 10.2. The number of carbonyl (C=O) groups is 3. The van der Waals surface area contributed by atoms with Crippen LogP contribution < -0.4 is 29.7 Å². The van der Waals surface area contributed by atoms with Gasteiger partial charge < -0.3 is 24.3 Å². The molecular weight excluding hydrogens is 502 g/mol. The molecule has 10 heteroatoms. The Bertz CT molecular complexity index is 1290. The number of esters is 1. The van der Waals surface area contributed by atoms with E-state index in [1.807, 2.05) is 0 Å². The van der Waals surface area contributed by atoms with E-state index in [0.717, 1.165) is 12.8 Å². The largest absolute Gasteiger partial charge is 0.494 e. The zero-order chi connectivity index (χ0) is 28.0. The summed E-state index contributed by atoms with van der Waals surface area (Å²) in [5.74, 6) is 0.522. The van der Waals surface area contributed by atoms with Gasteiger partial charge >= 0.3 is 5.97 Å². The molecule has 2 amide bonds. The molecule has 204 valence electrons. The Morgan fingerprint density at radius 2 is 1.51 bits per heavy atom. The van der Waals surface area contributed by atoms with Gasteiger partial charge in [-0.25, -0.2) is 10.2 Å². The third kappa shape index (κ3) is 8.89. The van der Waals surface area contributed by atoms with Crippen molar-refractivity contribution in [2.75, 3.05) is 27.4 Å². The Hall–Kier alpha value is -4.86. The van der Waals surface area contributed by atoms with Crippen molar-refractivity contribution in [3.05, 3.63) is 83.4 Å². The Morgan fingerprint density at radius 1 is 0.846 bits per heavy atom. The number of hydrogen-bond acceptors (Lipinski definition) is 8. The van der Waals surface area contributed by atoms with Crippen molar-refractivity contribution >= 4 is 24.0 Å². The summed E-state index contributed by atoms with van der Waals surface area (Å²) in [6.07, 6.45) is 3.44. The molecule has 0 aromatic heterocycles. The molecular formula is C29H31N3O7. The van der Waals surface area contributed by atoms with Gasteiger partial charge in [-0.15, -0.1) is 0 Å². The van der Waals surface area contributed by atoms with Crippen LogP contribution in [0.1, 0.15) is 46.0 Å². The number of methoxy groups -OCH3 is 2. The number of ether oxygens (including phenoxy) is 4. The van der Waals surface area contributed by atoms with Gasteiger partial charge in [0.1, 0.15) is 11.5 Å². The van der Waals surface area contributed by atoms with E-state index in [0.29, 0.717) is 46.3 Å². The van der Waals surface area contributed by atoms with Crippen molar-refractivity contribution in [2.24, 2.45) is 5.10 Å². The molecule has 0 saturated heterocycles. The van der Waals surface area contributed by atoms with Crippen molar-refractivity contribution < 1.29 is 33.3 Å². The predicted octanol–water partition coefficient (Wildman–Crippen LogP) is 3.98. The first-order chi connectivity index (χ1) is 18.9. The molecule has 0 aliphatic carbocycles. The van der Waals surface area contributed by atoms with Crippen LogP contribution in [-0.2, 0) is 4.79 Å². The number of benzene rings is 3. The highest BCUT2D eigenvalue weighted by Crippen LogP contribution is 2.27. The van der Waals surface area contributed by atoms with Crippen LogP contribution in [0.4, 0.5) is 0 Å². The monoisotopic (exact) mass is 533 g/mol. The summed E-state index contributed by atoms with van der Waals surface area (Å²) in [5.41, 5.74) is 3.73. The second-order valence-electron chi connectivity index (χ2n) is 8.23. The fourth-order valence-electron chi connectivity index (χ4n) is 3.27. The number of carbonyl (C=O) groups excluding carboxylic acids is 3. The summed E-state index contributed by atoms with van der Waals surface area (Å²) in [6, 6.07) is 18.1. The van der Waals surface area contributed by atoms with Crippen LogP contribution in [-0.4, -0.2) is 51.4 Å². The van der Waals surface area contributed by atoms with Crippen molar-refractivity contribution in [1.29, 1.82) is 0 Å². The number of hydrogen-bond donors (Lipinski definition) is 2. The fourth-order valence-corrected chi connectivity index (χ4v) is 3.27. The molecule has 0 saturated carbocycles. The summed E-state index contributed by atoms with van der Waals surface area (Å²) < 4.78 is 21.3. The number of unbranched alkanes of at least 4 members (excludes halogenated alkanes) is 1. The van der Waals surface area contributed by atoms with E-state index in [9.17, 15) is 14.4 Å². The van der Waals surface area contributed by atoms with Crippen LogP contribution in [0.2, 0.25) is 0 Å². The second kappa shape index (κ2) is 14.8. The molecule has 0 spiro atoms. The molecule has 10 nitrogen and oxygen atoms in total. The molecule has 0 unspecified atom stereocenters. The van der Waals surface area contributed by atoms with E-state index in [-0.39, 0.29) is 6.54 Å². The molecule has 0 radical (unpaired) electrons.